The molecule has 0 bridgehead atoms. The van der Waals surface area contributed by atoms with Crippen molar-refractivity contribution in [1.82, 2.24) is 20.4 Å². The predicted octanol–water partition coefficient (Wildman–Crippen LogP) is 2.13. The Hall–Kier alpha value is -3.04. The summed E-state index contributed by atoms with van der Waals surface area (Å²) >= 11 is 4.35. The first-order valence-electron chi connectivity index (χ1n) is 11.2. The molecule has 0 aliphatic carbocycles. The monoisotopic (exact) mass is 568 g/mol. The number of esters is 2. The van der Waals surface area contributed by atoms with Crippen molar-refractivity contribution in [3.05, 3.63) is 50.2 Å². The molecule has 15 heteroatoms. The highest BCUT2D eigenvalue weighted by atomic mass is 32.2. The number of amides is 1. The number of hydrogen-bond acceptors (Lipinski definition) is 14. The maximum Gasteiger partial charge on any atom is 0.519 e. The lowest BCUT2D eigenvalue weighted by molar-refractivity contribution is -0.152. The molecule has 1 saturated heterocycles. The summed E-state index contributed by atoms with van der Waals surface area (Å²) in [6.07, 6.45) is 1.28. The number of hydrogen-bond donors (Lipinski definition) is 1. The van der Waals surface area contributed by atoms with Crippen LogP contribution in [0.25, 0.3) is 0 Å². The number of nitrogens with one attached hydrogen (secondary N) is 1. The van der Waals surface area contributed by atoms with Crippen molar-refractivity contribution in [2.24, 2.45) is 0 Å². The Balaban J connectivity index is 1.53. The van der Waals surface area contributed by atoms with E-state index in [1.54, 1.807) is 13.8 Å². The van der Waals surface area contributed by atoms with Gasteiger partial charge in [0, 0.05) is 23.3 Å². The predicted molar refractivity (Wildman–Crippen MR) is 135 cm³/mol. The Morgan fingerprint density at radius 1 is 1.24 bits per heavy atom. The molecule has 0 saturated carbocycles. The van der Waals surface area contributed by atoms with Gasteiger partial charge in [0.25, 0.3) is 5.91 Å². The van der Waals surface area contributed by atoms with Gasteiger partial charge in [-0.25, -0.2) is 14.4 Å². The molecule has 0 aromatic carbocycles. The number of fused-ring (bicyclic) bond motifs is 1. The number of aryl methyl sites for hydroxylation is 2. The maximum absolute atomic E-state index is 13.2. The minimum absolute atomic E-state index is 0.0927. The minimum atomic E-state index is -0.889. The van der Waals surface area contributed by atoms with Crippen LogP contribution in [0.2, 0.25) is 0 Å². The Morgan fingerprint density at radius 3 is 2.68 bits per heavy atom. The van der Waals surface area contributed by atoms with E-state index in [1.165, 1.54) is 52.8 Å². The van der Waals surface area contributed by atoms with Gasteiger partial charge in [-0.2, -0.15) is 0 Å². The van der Waals surface area contributed by atoms with Crippen LogP contribution in [0.5, 0.6) is 0 Å². The van der Waals surface area contributed by atoms with Crippen molar-refractivity contribution in [2.75, 3.05) is 18.1 Å². The third-order valence-electron chi connectivity index (χ3n) is 5.29. The van der Waals surface area contributed by atoms with Gasteiger partial charge in [0.05, 0.1) is 6.61 Å². The molecular weight excluding hydrogens is 544 g/mol. The van der Waals surface area contributed by atoms with Gasteiger partial charge >= 0.3 is 17.8 Å². The molecule has 12 nitrogen and oxygen atoms in total. The van der Waals surface area contributed by atoms with E-state index in [-0.39, 0.29) is 41.7 Å². The van der Waals surface area contributed by atoms with E-state index < -0.39 is 23.8 Å². The van der Waals surface area contributed by atoms with Crippen LogP contribution in [-0.4, -0.2) is 62.5 Å². The summed E-state index contributed by atoms with van der Waals surface area (Å²) in [5, 5.41) is 11.6. The van der Waals surface area contributed by atoms with Crippen molar-refractivity contribution in [1.29, 1.82) is 0 Å². The molecule has 2 aliphatic heterocycles. The fourth-order valence-corrected chi connectivity index (χ4v) is 6.92. The maximum atomic E-state index is 13.2. The van der Waals surface area contributed by atoms with Gasteiger partial charge < -0.3 is 23.6 Å². The summed E-state index contributed by atoms with van der Waals surface area (Å²) in [5.41, 5.74) is 1.33. The number of nitrogens with zero attached hydrogens (tertiary/aromatic N) is 3. The van der Waals surface area contributed by atoms with Crippen molar-refractivity contribution in [3.8, 4) is 0 Å². The first-order chi connectivity index (χ1) is 17.7. The molecule has 4 rings (SSSR count). The molecule has 1 unspecified atom stereocenters. The first kappa shape index (κ1) is 27.0. The molecule has 1 N–H and O–H groups in total. The number of carbonyl (C=O) groups is 3. The lowest BCUT2D eigenvalue weighted by Gasteiger charge is -2.50. The van der Waals surface area contributed by atoms with Crippen LogP contribution in [0.3, 0.4) is 0 Å². The fourth-order valence-electron chi connectivity index (χ4n) is 3.62. The molecule has 2 atom stereocenters. The summed E-state index contributed by atoms with van der Waals surface area (Å²) in [4.78, 5) is 50.9. The lowest BCUT2D eigenvalue weighted by Crippen LogP contribution is -2.69. The van der Waals surface area contributed by atoms with E-state index >= 15 is 0 Å². The van der Waals surface area contributed by atoms with E-state index in [9.17, 15) is 19.2 Å². The second kappa shape index (κ2) is 11.6. The second-order valence-electron chi connectivity index (χ2n) is 7.95. The third-order valence-corrected chi connectivity index (χ3v) is 8.69. The first-order valence-corrected chi connectivity index (χ1v) is 14.0. The Morgan fingerprint density at radius 2 is 2.03 bits per heavy atom. The van der Waals surface area contributed by atoms with Crippen LogP contribution in [0.15, 0.2) is 41.0 Å². The molecule has 1 amide bonds. The van der Waals surface area contributed by atoms with Gasteiger partial charge in [-0.15, -0.1) is 22.0 Å². The normalized spacial score (nSPS) is 19.4. The Kier molecular flexibility index (Phi) is 8.44. The van der Waals surface area contributed by atoms with Crippen LogP contribution in [0.4, 0.5) is 0 Å². The topological polar surface area (TPSA) is 154 Å². The molecule has 4 heterocycles. The molecule has 37 heavy (non-hydrogen) atoms. The summed E-state index contributed by atoms with van der Waals surface area (Å²) in [7, 11) is 0. The van der Waals surface area contributed by atoms with E-state index in [1.807, 2.05) is 6.92 Å². The third kappa shape index (κ3) is 6.10. The summed E-state index contributed by atoms with van der Waals surface area (Å²) < 4.78 is 20.8. The Labute approximate surface area is 223 Å². The highest BCUT2D eigenvalue weighted by Gasteiger charge is 2.54. The summed E-state index contributed by atoms with van der Waals surface area (Å²) in [6, 6.07) is -0.632. The number of aromatic nitrogens is 2. The van der Waals surface area contributed by atoms with Crippen LogP contribution >= 0.6 is 34.9 Å². The zero-order chi connectivity index (χ0) is 26.7. The molecule has 2 aliphatic rings. The largest absolute Gasteiger partial charge is 0.519 e. The van der Waals surface area contributed by atoms with Crippen LogP contribution in [0, 0.1) is 13.8 Å². The number of carbonyl (C=O) groups excluding carboxylic acids is 3. The number of rotatable bonds is 10. The van der Waals surface area contributed by atoms with Crippen molar-refractivity contribution in [2.45, 2.75) is 50.1 Å². The number of allylic oxidation sites excluding steroid dienone is 1. The molecule has 2 aromatic heterocycles. The smallest absolute Gasteiger partial charge is 0.463 e. The molecular formula is C22H24N4O8S3. The Bertz CT molecular complexity index is 1330. The quantitative estimate of drug-likeness (QED) is 0.193. The van der Waals surface area contributed by atoms with E-state index in [4.69, 9.17) is 18.3 Å². The highest BCUT2D eigenvalue weighted by Crippen LogP contribution is 2.42. The molecule has 2 aromatic rings. The minimum Gasteiger partial charge on any atom is -0.463 e. The molecule has 198 valence electrons. The second-order valence-corrected chi connectivity index (χ2v) is 11.5. The van der Waals surface area contributed by atoms with Crippen molar-refractivity contribution >= 4 is 52.7 Å². The van der Waals surface area contributed by atoms with Gasteiger partial charge in [-0.1, -0.05) is 23.1 Å². The standard InChI is InChI=1S/C22H24N4O8S3/c1-5-31-15(27)6-10(2)23-16-18(28)26-17(20(29)32-7-14-11(3)33-22(30)34-14)13(8-35-19(16)26)9-36-21-25-24-12(4)37-21/h6,16,19,23H,5,7-9H2,1-4H3/t16?,19-/m0/s1. The van der Waals surface area contributed by atoms with E-state index in [0.29, 0.717) is 22.8 Å². The molecule has 1 fully saturated rings. The van der Waals surface area contributed by atoms with Gasteiger partial charge in [0.1, 0.15) is 22.1 Å². The SMILES string of the molecule is CCOC(=O)C=C(C)NC1C(=O)N2C(C(=O)OCc3oc(=O)oc3C)=C(CSc3nnc(C)s3)CS[C@@H]12. The molecule has 0 radical (unpaired) electrons. The van der Waals surface area contributed by atoms with Crippen molar-refractivity contribution in [3.63, 3.8) is 0 Å². The van der Waals surface area contributed by atoms with Gasteiger partial charge in [0.15, 0.2) is 22.5 Å². The van der Waals surface area contributed by atoms with Crippen LogP contribution in [0.1, 0.15) is 30.4 Å². The number of thioether (sulfide) groups is 2. The highest BCUT2D eigenvalue weighted by molar-refractivity contribution is 8.01. The average molecular weight is 569 g/mol. The average Bonchev–Trinajstić information content (AvgIpc) is 3.42. The summed E-state index contributed by atoms with van der Waals surface area (Å²) in [5.74, 6) is -1.27. The van der Waals surface area contributed by atoms with Gasteiger partial charge in [0.2, 0.25) is 0 Å². The molecule has 0 spiro atoms. The fraction of sp³-hybridized carbons (Fsp3) is 0.455. The zero-order valence-electron chi connectivity index (χ0n) is 20.4. The van der Waals surface area contributed by atoms with Crippen LogP contribution in [-0.2, 0) is 30.5 Å². The van der Waals surface area contributed by atoms with Gasteiger partial charge in [-0.3, -0.25) is 9.69 Å². The number of ether oxygens (including phenoxy) is 2. The van der Waals surface area contributed by atoms with Crippen molar-refractivity contribution < 1.29 is 32.7 Å². The summed E-state index contributed by atoms with van der Waals surface area (Å²) in [6.45, 7) is 6.67. The van der Waals surface area contributed by atoms with E-state index in [2.05, 4.69) is 15.5 Å². The lowest BCUT2D eigenvalue weighted by atomic mass is 10.0. The van der Waals surface area contributed by atoms with Gasteiger partial charge in [-0.05, 0) is 33.3 Å². The number of β-lactam (4-membered cyclic amide) rings is 1. The van der Waals surface area contributed by atoms with Crippen LogP contribution < -0.4 is 11.1 Å². The zero-order valence-corrected chi connectivity index (χ0v) is 22.8. The van der Waals surface area contributed by atoms with E-state index in [0.717, 1.165) is 9.35 Å².